The van der Waals surface area contributed by atoms with Crippen LogP contribution in [0.3, 0.4) is 0 Å². The molecule has 8 nitrogen and oxygen atoms in total. The van der Waals surface area contributed by atoms with Crippen molar-refractivity contribution >= 4 is 21.9 Å². The molecule has 0 bridgehead atoms. The van der Waals surface area contributed by atoms with E-state index in [0.717, 1.165) is 0 Å². The molecule has 1 fully saturated rings. The third kappa shape index (κ3) is 5.00. The first-order valence-electron chi connectivity index (χ1n) is 7.94. The fourth-order valence-corrected chi connectivity index (χ4v) is 3.52. The molecule has 2 N–H and O–H groups in total. The number of amides is 1. The number of carbonyl (C=O) groups excluding carboxylic acids is 1. The third-order valence-corrected chi connectivity index (χ3v) is 5.16. The summed E-state index contributed by atoms with van der Waals surface area (Å²) < 4.78 is 31.9. The predicted molar refractivity (Wildman–Crippen MR) is 89.7 cm³/mol. The zero-order valence-electron chi connectivity index (χ0n) is 14.1. The third-order valence-electron chi connectivity index (χ3n) is 3.72. The van der Waals surface area contributed by atoms with Crippen LogP contribution in [-0.2, 0) is 19.6 Å². The predicted octanol–water partition coefficient (Wildman–Crippen LogP) is 0.547. The Morgan fingerprint density at radius 1 is 1.32 bits per heavy atom. The van der Waals surface area contributed by atoms with E-state index in [-0.39, 0.29) is 29.9 Å². The van der Waals surface area contributed by atoms with Crippen molar-refractivity contribution in [2.45, 2.75) is 24.8 Å². The molecule has 0 spiro atoms. The SMILES string of the molecule is CC(C)CNS(=O)(=O)c1ccc(C(=O)N2CCOC(C(=O)O)C2)cc1. The van der Waals surface area contributed by atoms with Gasteiger partial charge in [-0.15, -0.1) is 0 Å². The van der Waals surface area contributed by atoms with Gasteiger partial charge in [0.25, 0.3) is 5.91 Å². The number of benzene rings is 1. The van der Waals surface area contributed by atoms with Crippen molar-refractivity contribution in [1.82, 2.24) is 9.62 Å². The molecule has 1 saturated heterocycles. The van der Waals surface area contributed by atoms with Crippen molar-refractivity contribution < 1.29 is 27.9 Å². The van der Waals surface area contributed by atoms with Gasteiger partial charge in [0.05, 0.1) is 18.0 Å². The molecule has 138 valence electrons. The number of nitrogens with zero attached hydrogens (tertiary/aromatic N) is 1. The van der Waals surface area contributed by atoms with Gasteiger partial charge < -0.3 is 14.7 Å². The summed E-state index contributed by atoms with van der Waals surface area (Å²) in [6.45, 7) is 4.53. The Balaban J connectivity index is 2.08. The van der Waals surface area contributed by atoms with Gasteiger partial charge in [-0.05, 0) is 30.2 Å². The Kier molecular flexibility index (Phi) is 6.15. The highest BCUT2D eigenvalue weighted by atomic mass is 32.2. The molecule has 1 amide bonds. The molecule has 1 unspecified atom stereocenters. The van der Waals surface area contributed by atoms with Crippen molar-refractivity contribution in [3.63, 3.8) is 0 Å². The van der Waals surface area contributed by atoms with Crippen molar-refractivity contribution in [3.05, 3.63) is 29.8 Å². The molecule has 1 aromatic rings. The summed E-state index contributed by atoms with van der Waals surface area (Å²) in [7, 11) is -3.62. The van der Waals surface area contributed by atoms with Crippen LogP contribution < -0.4 is 4.72 Å². The quantitative estimate of drug-likeness (QED) is 0.756. The van der Waals surface area contributed by atoms with Crippen molar-refractivity contribution in [3.8, 4) is 0 Å². The lowest BCUT2D eigenvalue weighted by Crippen LogP contribution is -2.48. The molecular weight excluding hydrogens is 348 g/mol. The van der Waals surface area contributed by atoms with Crippen LogP contribution in [0.15, 0.2) is 29.2 Å². The fourth-order valence-electron chi connectivity index (χ4n) is 2.30. The summed E-state index contributed by atoms with van der Waals surface area (Å²) in [5.41, 5.74) is 0.300. The monoisotopic (exact) mass is 370 g/mol. The lowest BCUT2D eigenvalue weighted by molar-refractivity contribution is -0.154. The number of hydrogen-bond acceptors (Lipinski definition) is 5. The minimum absolute atomic E-state index is 0.0375. The second-order valence-electron chi connectivity index (χ2n) is 6.22. The summed E-state index contributed by atoms with van der Waals surface area (Å²) in [5.74, 6) is -1.29. The summed E-state index contributed by atoms with van der Waals surface area (Å²) >= 11 is 0. The summed E-state index contributed by atoms with van der Waals surface area (Å²) in [6, 6.07) is 5.59. The molecular formula is C16H22N2O6S. The van der Waals surface area contributed by atoms with Crippen molar-refractivity contribution in [2.75, 3.05) is 26.2 Å². The first-order chi connectivity index (χ1) is 11.7. The topological polar surface area (TPSA) is 113 Å². The highest BCUT2D eigenvalue weighted by molar-refractivity contribution is 7.89. The van der Waals surface area contributed by atoms with E-state index in [2.05, 4.69) is 4.72 Å². The smallest absolute Gasteiger partial charge is 0.334 e. The standard InChI is InChI=1S/C16H22N2O6S/c1-11(2)9-17-25(22,23)13-5-3-12(4-6-13)15(19)18-7-8-24-14(10-18)16(20)21/h3-6,11,14,17H,7-10H2,1-2H3,(H,20,21). The van der Waals surface area contributed by atoms with E-state index in [9.17, 15) is 18.0 Å². The number of sulfonamides is 1. The lowest BCUT2D eigenvalue weighted by Gasteiger charge is -2.30. The second-order valence-corrected chi connectivity index (χ2v) is 7.99. The van der Waals surface area contributed by atoms with Crippen LogP contribution in [0.5, 0.6) is 0 Å². The molecule has 0 saturated carbocycles. The van der Waals surface area contributed by atoms with E-state index < -0.39 is 22.1 Å². The van der Waals surface area contributed by atoms with E-state index in [0.29, 0.717) is 18.7 Å². The van der Waals surface area contributed by atoms with Crippen molar-refractivity contribution in [1.29, 1.82) is 0 Å². The number of nitrogens with one attached hydrogen (secondary N) is 1. The largest absolute Gasteiger partial charge is 0.479 e. The van der Waals surface area contributed by atoms with Crippen LogP contribution in [-0.4, -0.2) is 62.6 Å². The summed E-state index contributed by atoms with van der Waals surface area (Å²) in [6.07, 6.45) is -1.04. The zero-order valence-corrected chi connectivity index (χ0v) is 15.0. The van der Waals surface area contributed by atoms with Crippen LogP contribution in [0, 0.1) is 5.92 Å². The number of carboxylic acid groups (broad SMARTS) is 1. The molecule has 1 aromatic carbocycles. The number of ether oxygens (including phenoxy) is 1. The molecule has 2 rings (SSSR count). The van der Waals surface area contributed by atoms with Gasteiger partial charge in [0, 0.05) is 18.7 Å². The van der Waals surface area contributed by atoms with Crippen molar-refractivity contribution in [2.24, 2.45) is 5.92 Å². The maximum Gasteiger partial charge on any atom is 0.334 e. The summed E-state index contributed by atoms with van der Waals surface area (Å²) in [4.78, 5) is 24.9. The average molecular weight is 370 g/mol. The molecule has 1 aliphatic rings. The average Bonchev–Trinajstić information content (AvgIpc) is 2.59. The highest BCUT2D eigenvalue weighted by Crippen LogP contribution is 2.15. The Bertz CT molecular complexity index is 729. The summed E-state index contributed by atoms with van der Waals surface area (Å²) in [5, 5.41) is 8.99. The molecule has 0 aromatic heterocycles. The maximum absolute atomic E-state index is 12.5. The Labute approximate surface area is 146 Å². The van der Waals surface area contributed by atoms with Gasteiger partial charge in [-0.3, -0.25) is 4.79 Å². The minimum Gasteiger partial charge on any atom is -0.479 e. The number of rotatable bonds is 6. The maximum atomic E-state index is 12.5. The van der Waals surface area contributed by atoms with Gasteiger partial charge in [0.1, 0.15) is 0 Å². The van der Waals surface area contributed by atoms with Gasteiger partial charge in [0.2, 0.25) is 10.0 Å². The van der Waals surface area contributed by atoms with E-state index in [1.165, 1.54) is 29.2 Å². The van der Waals surface area contributed by atoms with Crippen LogP contribution in [0.2, 0.25) is 0 Å². The van der Waals surface area contributed by atoms with Crippen LogP contribution in [0.25, 0.3) is 0 Å². The van der Waals surface area contributed by atoms with E-state index in [1.54, 1.807) is 0 Å². The van der Waals surface area contributed by atoms with Gasteiger partial charge in [-0.2, -0.15) is 0 Å². The molecule has 1 aliphatic heterocycles. The lowest BCUT2D eigenvalue weighted by atomic mass is 10.1. The Hall–Kier alpha value is -1.97. The van der Waals surface area contributed by atoms with Crippen LogP contribution in [0.4, 0.5) is 0 Å². The second kappa shape index (κ2) is 7.94. The van der Waals surface area contributed by atoms with E-state index >= 15 is 0 Å². The van der Waals surface area contributed by atoms with Gasteiger partial charge in [-0.25, -0.2) is 17.9 Å². The first kappa shape index (κ1) is 19.4. The van der Waals surface area contributed by atoms with Crippen LogP contribution in [0.1, 0.15) is 24.2 Å². The molecule has 0 aliphatic carbocycles. The molecule has 0 radical (unpaired) electrons. The highest BCUT2D eigenvalue weighted by Gasteiger charge is 2.29. The number of hydrogen-bond donors (Lipinski definition) is 2. The number of carboxylic acids is 1. The number of carbonyl (C=O) groups is 2. The van der Waals surface area contributed by atoms with Gasteiger partial charge >= 0.3 is 5.97 Å². The molecule has 9 heteroatoms. The molecule has 25 heavy (non-hydrogen) atoms. The zero-order chi connectivity index (χ0) is 18.6. The molecule has 1 heterocycles. The van der Waals surface area contributed by atoms with E-state index in [4.69, 9.17) is 9.84 Å². The van der Waals surface area contributed by atoms with Gasteiger partial charge in [-0.1, -0.05) is 13.8 Å². The molecule has 1 atom stereocenters. The minimum atomic E-state index is -3.62. The normalized spacial score (nSPS) is 18.4. The van der Waals surface area contributed by atoms with Crippen LogP contribution >= 0.6 is 0 Å². The first-order valence-corrected chi connectivity index (χ1v) is 9.42. The Morgan fingerprint density at radius 3 is 2.52 bits per heavy atom. The Morgan fingerprint density at radius 2 is 1.96 bits per heavy atom. The number of morpholine rings is 1. The fraction of sp³-hybridized carbons (Fsp3) is 0.500. The van der Waals surface area contributed by atoms with Gasteiger partial charge in [0.15, 0.2) is 6.10 Å². The van der Waals surface area contributed by atoms with E-state index in [1.807, 2.05) is 13.8 Å². The number of aliphatic carboxylic acids is 1.